The Morgan fingerprint density at radius 1 is 0.588 bits per heavy atom. The maximum atomic E-state index is 2.46. The van der Waals surface area contributed by atoms with E-state index in [1.54, 1.807) is 27.8 Å². The molecule has 0 saturated carbocycles. The van der Waals surface area contributed by atoms with Crippen LogP contribution < -0.4 is 6.15 Å². The third-order valence-electron chi connectivity index (χ3n) is 3.67. The Labute approximate surface area is 107 Å². The number of benzene rings is 1. The molecule has 0 aliphatic heterocycles. The van der Waals surface area contributed by atoms with Crippen molar-refractivity contribution >= 4 is 0 Å². The Balaban J connectivity index is 0.00000256. The minimum atomic E-state index is 0. The molecule has 0 amide bonds. The van der Waals surface area contributed by atoms with Crippen LogP contribution in [0.15, 0.2) is 6.07 Å². The summed E-state index contributed by atoms with van der Waals surface area (Å²) < 4.78 is 0. The highest BCUT2D eigenvalue weighted by Crippen LogP contribution is 2.26. The second-order valence-electron chi connectivity index (χ2n) is 4.40. The van der Waals surface area contributed by atoms with Crippen LogP contribution in [-0.2, 0) is 32.1 Å². The van der Waals surface area contributed by atoms with E-state index >= 15 is 0 Å². The van der Waals surface area contributed by atoms with E-state index in [-0.39, 0.29) is 6.15 Å². The van der Waals surface area contributed by atoms with Gasteiger partial charge in [-0.25, -0.2) is 0 Å². The summed E-state index contributed by atoms with van der Waals surface area (Å²) in [5.41, 5.74) is 8.04. The van der Waals surface area contributed by atoms with Gasteiger partial charge in [-0.1, -0.05) is 40.7 Å². The Morgan fingerprint density at radius 2 is 0.941 bits per heavy atom. The summed E-state index contributed by atoms with van der Waals surface area (Å²) in [5.74, 6) is 0. The summed E-state index contributed by atoms with van der Waals surface area (Å²) in [5, 5.41) is 0. The third kappa shape index (κ3) is 3.10. The molecule has 17 heavy (non-hydrogen) atoms. The van der Waals surface area contributed by atoms with Gasteiger partial charge < -0.3 is 6.15 Å². The SMILES string of the molecule is CCc1cc(CC)c(CC)c(CC)c1CC.N. The monoisotopic (exact) mass is 235 g/mol. The average molecular weight is 235 g/mol. The van der Waals surface area contributed by atoms with Gasteiger partial charge in [0.15, 0.2) is 0 Å². The molecular weight excluding hydrogens is 206 g/mol. The maximum Gasteiger partial charge on any atom is -0.0302 e. The molecular formula is C16H29N. The van der Waals surface area contributed by atoms with Gasteiger partial charge in [0, 0.05) is 0 Å². The molecule has 0 aliphatic carbocycles. The van der Waals surface area contributed by atoms with Crippen molar-refractivity contribution in [3.05, 3.63) is 33.9 Å². The molecule has 0 fully saturated rings. The van der Waals surface area contributed by atoms with Crippen molar-refractivity contribution in [1.82, 2.24) is 6.15 Å². The van der Waals surface area contributed by atoms with E-state index in [1.807, 2.05) is 0 Å². The standard InChI is InChI=1S/C16H26.H3N/c1-6-12-11-13(7-2)15(9-4)16(10-5)14(12)8-3;/h11H,6-10H2,1-5H3;1H3. The lowest BCUT2D eigenvalue weighted by molar-refractivity contribution is 0.914. The van der Waals surface area contributed by atoms with Crippen molar-refractivity contribution in [2.45, 2.75) is 66.7 Å². The van der Waals surface area contributed by atoms with Crippen molar-refractivity contribution in [1.29, 1.82) is 0 Å². The van der Waals surface area contributed by atoms with Crippen LogP contribution in [0, 0.1) is 0 Å². The first-order valence-electron chi connectivity index (χ1n) is 6.88. The number of rotatable bonds is 5. The van der Waals surface area contributed by atoms with Crippen LogP contribution >= 0.6 is 0 Å². The summed E-state index contributed by atoms with van der Waals surface area (Å²) in [6.45, 7) is 11.4. The van der Waals surface area contributed by atoms with Crippen LogP contribution in [0.3, 0.4) is 0 Å². The Bertz CT molecular complexity index is 323. The zero-order valence-electron chi connectivity index (χ0n) is 12.3. The van der Waals surface area contributed by atoms with Crippen molar-refractivity contribution in [2.24, 2.45) is 0 Å². The van der Waals surface area contributed by atoms with Crippen molar-refractivity contribution in [3.63, 3.8) is 0 Å². The predicted molar refractivity (Wildman–Crippen MR) is 78.4 cm³/mol. The number of hydrogen-bond acceptors (Lipinski definition) is 1. The minimum Gasteiger partial charge on any atom is -0.344 e. The van der Waals surface area contributed by atoms with Crippen molar-refractivity contribution < 1.29 is 0 Å². The first-order valence-corrected chi connectivity index (χ1v) is 6.88. The highest BCUT2D eigenvalue weighted by Gasteiger charge is 2.12. The zero-order valence-corrected chi connectivity index (χ0v) is 12.3. The molecule has 0 spiro atoms. The lowest BCUT2D eigenvalue weighted by Crippen LogP contribution is -2.06. The number of hydrogen-bond donors (Lipinski definition) is 1. The van der Waals surface area contributed by atoms with Crippen LogP contribution in [0.2, 0.25) is 0 Å². The third-order valence-corrected chi connectivity index (χ3v) is 3.67. The first kappa shape index (κ1) is 16.2. The highest BCUT2D eigenvalue weighted by molar-refractivity contribution is 5.46. The van der Waals surface area contributed by atoms with E-state index in [2.05, 4.69) is 40.7 Å². The van der Waals surface area contributed by atoms with Gasteiger partial charge in [0.1, 0.15) is 0 Å². The quantitative estimate of drug-likeness (QED) is 0.791. The fourth-order valence-electron chi connectivity index (χ4n) is 2.89. The number of aryl methyl sites for hydroxylation is 2. The molecule has 1 heteroatoms. The average Bonchev–Trinajstić information content (AvgIpc) is 2.35. The molecule has 0 unspecified atom stereocenters. The van der Waals surface area contributed by atoms with E-state index in [0.717, 1.165) is 0 Å². The lowest BCUT2D eigenvalue weighted by atomic mass is 9.86. The molecule has 1 rings (SSSR count). The van der Waals surface area contributed by atoms with Gasteiger partial charge in [-0.3, -0.25) is 0 Å². The molecule has 0 bridgehead atoms. The predicted octanol–water partition coefficient (Wildman–Crippen LogP) is 4.66. The second kappa shape index (κ2) is 7.50. The van der Waals surface area contributed by atoms with Gasteiger partial charge in [0.2, 0.25) is 0 Å². The van der Waals surface area contributed by atoms with Gasteiger partial charge >= 0.3 is 0 Å². The van der Waals surface area contributed by atoms with Crippen LogP contribution in [0.4, 0.5) is 0 Å². The Kier molecular flexibility index (Phi) is 7.13. The summed E-state index contributed by atoms with van der Waals surface area (Å²) in [6.07, 6.45) is 5.90. The Morgan fingerprint density at radius 3 is 1.18 bits per heavy atom. The maximum absolute atomic E-state index is 2.46. The summed E-state index contributed by atoms with van der Waals surface area (Å²) >= 11 is 0. The molecule has 0 heterocycles. The fourth-order valence-corrected chi connectivity index (χ4v) is 2.89. The molecule has 1 nitrogen and oxygen atoms in total. The van der Waals surface area contributed by atoms with Gasteiger partial charge in [-0.05, 0) is 59.9 Å². The van der Waals surface area contributed by atoms with E-state index in [0.29, 0.717) is 0 Å². The van der Waals surface area contributed by atoms with Gasteiger partial charge in [0.05, 0.1) is 0 Å². The van der Waals surface area contributed by atoms with Gasteiger partial charge in [0.25, 0.3) is 0 Å². The van der Waals surface area contributed by atoms with Crippen LogP contribution in [-0.4, -0.2) is 0 Å². The molecule has 0 aliphatic rings. The highest BCUT2D eigenvalue weighted by atomic mass is 14.2. The summed E-state index contributed by atoms with van der Waals surface area (Å²) in [6, 6.07) is 2.46. The molecule has 0 saturated heterocycles. The molecule has 98 valence electrons. The smallest absolute Gasteiger partial charge is 0.0302 e. The Hall–Kier alpha value is -0.820. The fraction of sp³-hybridized carbons (Fsp3) is 0.625. The molecule has 1 aromatic carbocycles. The van der Waals surface area contributed by atoms with E-state index in [1.165, 1.54) is 32.1 Å². The first-order chi connectivity index (χ1) is 7.73. The molecule has 0 atom stereocenters. The zero-order chi connectivity index (χ0) is 12.1. The molecule has 1 aromatic rings. The second-order valence-corrected chi connectivity index (χ2v) is 4.40. The van der Waals surface area contributed by atoms with Crippen LogP contribution in [0.1, 0.15) is 62.4 Å². The van der Waals surface area contributed by atoms with E-state index in [4.69, 9.17) is 0 Å². The van der Waals surface area contributed by atoms with E-state index < -0.39 is 0 Å². The van der Waals surface area contributed by atoms with Crippen molar-refractivity contribution in [2.75, 3.05) is 0 Å². The molecule has 0 aromatic heterocycles. The molecule has 0 radical (unpaired) electrons. The summed E-state index contributed by atoms with van der Waals surface area (Å²) in [4.78, 5) is 0. The molecule has 3 N–H and O–H groups in total. The van der Waals surface area contributed by atoms with Gasteiger partial charge in [-0.15, -0.1) is 0 Å². The summed E-state index contributed by atoms with van der Waals surface area (Å²) in [7, 11) is 0. The largest absolute Gasteiger partial charge is 0.344 e. The van der Waals surface area contributed by atoms with Crippen LogP contribution in [0.5, 0.6) is 0 Å². The normalized spacial score (nSPS) is 10.2. The minimum absolute atomic E-state index is 0. The van der Waals surface area contributed by atoms with Gasteiger partial charge in [-0.2, -0.15) is 0 Å². The van der Waals surface area contributed by atoms with E-state index in [9.17, 15) is 0 Å². The van der Waals surface area contributed by atoms with Crippen LogP contribution in [0.25, 0.3) is 0 Å². The topological polar surface area (TPSA) is 35.0 Å². The lowest BCUT2D eigenvalue weighted by Gasteiger charge is -2.19. The van der Waals surface area contributed by atoms with Crippen molar-refractivity contribution in [3.8, 4) is 0 Å².